The maximum absolute atomic E-state index is 11.2. The SMILES string of the molecule is NC(=O)C(COc1cccc(CO)c1)NC1CC1. The lowest BCUT2D eigenvalue weighted by atomic mass is 10.2. The highest BCUT2D eigenvalue weighted by Crippen LogP contribution is 2.20. The van der Waals surface area contributed by atoms with E-state index in [1.54, 1.807) is 24.3 Å². The van der Waals surface area contributed by atoms with Crippen LogP contribution in [0.2, 0.25) is 0 Å². The Balaban J connectivity index is 1.88. The number of nitrogens with one attached hydrogen (secondary N) is 1. The zero-order chi connectivity index (χ0) is 13.0. The van der Waals surface area contributed by atoms with Gasteiger partial charge < -0.3 is 20.9 Å². The van der Waals surface area contributed by atoms with Gasteiger partial charge in [-0.05, 0) is 30.5 Å². The van der Waals surface area contributed by atoms with Crippen molar-refractivity contribution in [3.63, 3.8) is 0 Å². The highest BCUT2D eigenvalue weighted by Gasteiger charge is 2.27. The van der Waals surface area contributed by atoms with Crippen molar-refractivity contribution < 1.29 is 14.6 Å². The van der Waals surface area contributed by atoms with Crippen LogP contribution in [0.1, 0.15) is 18.4 Å². The summed E-state index contributed by atoms with van der Waals surface area (Å²) in [7, 11) is 0. The summed E-state index contributed by atoms with van der Waals surface area (Å²) in [5, 5.41) is 12.2. The normalized spacial score (nSPS) is 16.3. The highest BCUT2D eigenvalue weighted by atomic mass is 16.5. The molecule has 1 aliphatic carbocycles. The maximum Gasteiger partial charge on any atom is 0.238 e. The molecule has 0 spiro atoms. The zero-order valence-electron chi connectivity index (χ0n) is 10.1. The number of rotatable bonds is 7. The fraction of sp³-hybridized carbons (Fsp3) is 0.462. The molecule has 0 aliphatic heterocycles. The summed E-state index contributed by atoms with van der Waals surface area (Å²) in [6.45, 7) is 0.178. The predicted octanol–water partition coefficient (Wildman–Crippen LogP) is 0.164. The molecule has 1 amide bonds. The van der Waals surface area contributed by atoms with E-state index in [0.717, 1.165) is 18.4 Å². The number of hydrogen-bond acceptors (Lipinski definition) is 4. The number of benzene rings is 1. The van der Waals surface area contributed by atoms with E-state index in [1.165, 1.54) is 0 Å². The van der Waals surface area contributed by atoms with Crippen LogP contribution in [0.3, 0.4) is 0 Å². The van der Waals surface area contributed by atoms with Gasteiger partial charge in [0.25, 0.3) is 0 Å². The van der Waals surface area contributed by atoms with E-state index in [9.17, 15) is 4.79 Å². The average Bonchev–Trinajstić information content (AvgIpc) is 3.18. The molecule has 1 unspecified atom stereocenters. The van der Waals surface area contributed by atoms with Gasteiger partial charge in [-0.15, -0.1) is 0 Å². The molecule has 2 rings (SSSR count). The second kappa shape index (κ2) is 5.84. The smallest absolute Gasteiger partial charge is 0.238 e. The molecule has 0 heterocycles. The minimum atomic E-state index is -0.463. The van der Waals surface area contributed by atoms with Crippen molar-refractivity contribution in [2.45, 2.75) is 31.5 Å². The van der Waals surface area contributed by atoms with Crippen LogP contribution < -0.4 is 15.8 Å². The Bertz CT molecular complexity index is 418. The van der Waals surface area contributed by atoms with Crippen LogP contribution in [-0.4, -0.2) is 29.7 Å². The second-order valence-electron chi connectivity index (χ2n) is 4.51. The fourth-order valence-corrected chi connectivity index (χ4v) is 1.66. The van der Waals surface area contributed by atoms with Crippen molar-refractivity contribution in [2.75, 3.05) is 6.61 Å². The summed E-state index contributed by atoms with van der Waals surface area (Å²) < 4.78 is 5.53. The van der Waals surface area contributed by atoms with Gasteiger partial charge >= 0.3 is 0 Å². The minimum absolute atomic E-state index is 0.0310. The number of carbonyl (C=O) groups is 1. The van der Waals surface area contributed by atoms with Crippen molar-refractivity contribution in [3.8, 4) is 5.75 Å². The van der Waals surface area contributed by atoms with Crippen LogP contribution in [0.25, 0.3) is 0 Å². The van der Waals surface area contributed by atoms with Crippen LogP contribution >= 0.6 is 0 Å². The Morgan fingerprint density at radius 3 is 2.94 bits per heavy atom. The summed E-state index contributed by atoms with van der Waals surface area (Å²) >= 11 is 0. The molecule has 0 radical (unpaired) electrons. The van der Waals surface area contributed by atoms with Gasteiger partial charge in [-0.25, -0.2) is 0 Å². The molecule has 5 nitrogen and oxygen atoms in total. The quantitative estimate of drug-likeness (QED) is 0.643. The molecular weight excluding hydrogens is 232 g/mol. The van der Waals surface area contributed by atoms with Crippen molar-refractivity contribution in [3.05, 3.63) is 29.8 Å². The monoisotopic (exact) mass is 250 g/mol. The molecule has 0 aromatic heterocycles. The Kier molecular flexibility index (Phi) is 4.17. The maximum atomic E-state index is 11.2. The largest absolute Gasteiger partial charge is 0.491 e. The molecule has 1 aliphatic rings. The average molecular weight is 250 g/mol. The van der Waals surface area contributed by atoms with Gasteiger partial charge in [-0.3, -0.25) is 4.79 Å². The van der Waals surface area contributed by atoms with E-state index in [2.05, 4.69) is 5.32 Å². The van der Waals surface area contributed by atoms with Gasteiger partial charge in [0.1, 0.15) is 18.4 Å². The number of hydrogen-bond donors (Lipinski definition) is 3. The van der Waals surface area contributed by atoms with Crippen molar-refractivity contribution in [1.82, 2.24) is 5.32 Å². The van der Waals surface area contributed by atoms with Gasteiger partial charge in [0, 0.05) is 6.04 Å². The number of aliphatic hydroxyl groups is 1. The van der Waals surface area contributed by atoms with Crippen LogP contribution in [0.5, 0.6) is 5.75 Å². The Morgan fingerprint density at radius 1 is 1.56 bits per heavy atom. The number of aliphatic hydroxyl groups excluding tert-OH is 1. The summed E-state index contributed by atoms with van der Waals surface area (Å²) in [6, 6.07) is 7.07. The summed E-state index contributed by atoms with van der Waals surface area (Å²) in [5.74, 6) is 0.227. The first-order chi connectivity index (χ1) is 8.69. The summed E-state index contributed by atoms with van der Waals surface area (Å²) in [6.07, 6.45) is 2.17. The fourth-order valence-electron chi connectivity index (χ4n) is 1.66. The van der Waals surface area contributed by atoms with Crippen LogP contribution in [0.4, 0.5) is 0 Å². The lowest BCUT2D eigenvalue weighted by molar-refractivity contribution is -0.120. The Labute approximate surface area is 106 Å². The molecule has 1 aromatic rings. The van der Waals surface area contributed by atoms with Crippen LogP contribution in [0.15, 0.2) is 24.3 Å². The highest BCUT2D eigenvalue weighted by molar-refractivity contribution is 5.80. The van der Waals surface area contributed by atoms with E-state index in [-0.39, 0.29) is 13.2 Å². The topological polar surface area (TPSA) is 84.6 Å². The van der Waals surface area contributed by atoms with E-state index in [1.807, 2.05) is 0 Å². The van der Waals surface area contributed by atoms with E-state index >= 15 is 0 Å². The van der Waals surface area contributed by atoms with E-state index in [0.29, 0.717) is 11.8 Å². The molecule has 1 atom stereocenters. The third-order valence-electron chi connectivity index (χ3n) is 2.86. The van der Waals surface area contributed by atoms with Crippen molar-refractivity contribution in [2.24, 2.45) is 5.73 Å². The number of primary amides is 1. The minimum Gasteiger partial charge on any atom is -0.491 e. The van der Waals surface area contributed by atoms with Gasteiger partial charge in [-0.2, -0.15) is 0 Å². The zero-order valence-corrected chi connectivity index (χ0v) is 10.1. The molecular formula is C13H18N2O3. The number of ether oxygens (including phenoxy) is 1. The first kappa shape index (κ1) is 12.9. The lowest BCUT2D eigenvalue weighted by Crippen LogP contribution is -2.46. The van der Waals surface area contributed by atoms with Crippen molar-refractivity contribution >= 4 is 5.91 Å². The number of carbonyl (C=O) groups excluding carboxylic acids is 1. The second-order valence-corrected chi connectivity index (χ2v) is 4.51. The van der Waals surface area contributed by atoms with Crippen LogP contribution in [0, 0.1) is 0 Å². The summed E-state index contributed by atoms with van der Waals surface area (Å²) in [5.41, 5.74) is 6.09. The predicted molar refractivity (Wildman–Crippen MR) is 67.0 cm³/mol. The molecule has 98 valence electrons. The van der Waals surface area contributed by atoms with Gasteiger partial charge in [0.15, 0.2) is 0 Å². The molecule has 1 aromatic carbocycles. The molecule has 5 heteroatoms. The summed E-state index contributed by atoms with van der Waals surface area (Å²) in [4.78, 5) is 11.2. The Morgan fingerprint density at radius 2 is 2.33 bits per heavy atom. The van der Waals surface area contributed by atoms with E-state index in [4.69, 9.17) is 15.6 Å². The van der Waals surface area contributed by atoms with Gasteiger partial charge in [0.2, 0.25) is 5.91 Å². The third-order valence-corrected chi connectivity index (χ3v) is 2.86. The molecule has 0 bridgehead atoms. The first-order valence-corrected chi connectivity index (χ1v) is 6.07. The van der Waals surface area contributed by atoms with Crippen LogP contribution in [-0.2, 0) is 11.4 Å². The van der Waals surface area contributed by atoms with E-state index < -0.39 is 11.9 Å². The molecule has 4 N–H and O–H groups in total. The van der Waals surface area contributed by atoms with Gasteiger partial charge in [0.05, 0.1) is 6.61 Å². The molecule has 18 heavy (non-hydrogen) atoms. The number of amides is 1. The lowest BCUT2D eigenvalue weighted by Gasteiger charge is -2.16. The Hall–Kier alpha value is -1.59. The molecule has 0 saturated heterocycles. The molecule has 1 saturated carbocycles. The van der Waals surface area contributed by atoms with Gasteiger partial charge in [-0.1, -0.05) is 12.1 Å². The molecule has 1 fully saturated rings. The third kappa shape index (κ3) is 3.72. The first-order valence-electron chi connectivity index (χ1n) is 6.07. The standard InChI is InChI=1S/C13H18N2O3/c14-13(17)12(15-10-4-5-10)8-18-11-3-1-2-9(6-11)7-16/h1-3,6,10,12,15-16H,4-5,7-8H2,(H2,14,17). The van der Waals surface area contributed by atoms with Crippen molar-refractivity contribution in [1.29, 1.82) is 0 Å². The number of nitrogens with two attached hydrogens (primary N) is 1.